The SMILES string of the molecule is CCC(O)CCNC(=O)c1ccc2c(c1)OCC(=O)N2. The van der Waals surface area contributed by atoms with E-state index < -0.39 is 6.10 Å². The van der Waals surface area contributed by atoms with E-state index in [-0.39, 0.29) is 18.4 Å². The average molecular weight is 278 g/mol. The molecule has 0 saturated heterocycles. The van der Waals surface area contributed by atoms with Gasteiger partial charge < -0.3 is 20.5 Å². The van der Waals surface area contributed by atoms with Crippen LogP contribution in [-0.2, 0) is 4.79 Å². The van der Waals surface area contributed by atoms with Crippen LogP contribution in [0.2, 0.25) is 0 Å². The zero-order chi connectivity index (χ0) is 14.5. The van der Waals surface area contributed by atoms with Gasteiger partial charge in [-0.15, -0.1) is 0 Å². The van der Waals surface area contributed by atoms with Gasteiger partial charge in [-0.2, -0.15) is 0 Å². The van der Waals surface area contributed by atoms with Gasteiger partial charge in [-0.3, -0.25) is 9.59 Å². The molecule has 1 heterocycles. The highest BCUT2D eigenvalue weighted by atomic mass is 16.5. The standard InChI is InChI=1S/C14H18N2O4/c1-2-10(17)5-6-15-14(19)9-3-4-11-12(7-9)20-8-13(18)16-11/h3-4,7,10,17H,2,5-6,8H2,1H3,(H,15,19)(H,16,18). The predicted molar refractivity (Wildman–Crippen MR) is 73.8 cm³/mol. The number of nitrogens with one attached hydrogen (secondary N) is 2. The molecule has 6 nitrogen and oxygen atoms in total. The summed E-state index contributed by atoms with van der Waals surface area (Å²) in [6.45, 7) is 2.27. The summed E-state index contributed by atoms with van der Waals surface area (Å²) in [6.07, 6.45) is 0.805. The van der Waals surface area contributed by atoms with Crippen molar-refractivity contribution < 1.29 is 19.4 Å². The molecule has 3 N–H and O–H groups in total. The molecule has 1 atom stereocenters. The number of anilines is 1. The van der Waals surface area contributed by atoms with E-state index in [1.54, 1.807) is 18.2 Å². The normalized spacial score (nSPS) is 14.8. The maximum Gasteiger partial charge on any atom is 0.262 e. The highest BCUT2D eigenvalue weighted by Crippen LogP contribution is 2.28. The van der Waals surface area contributed by atoms with Gasteiger partial charge >= 0.3 is 0 Å². The van der Waals surface area contributed by atoms with Crippen molar-refractivity contribution in [3.05, 3.63) is 23.8 Å². The van der Waals surface area contributed by atoms with E-state index in [2.05, 4.69) is 10.6 Å². The Kier molecular flexibility index (Phi) is 4.57. The van der Waals surface area contributed by atoms with Crippen LogP contribution in [0.3, 0.4) is 0 Å². The quantitative estimate of drug-likeness (QED) is 0.747. The number of benzene rings is 1. The Morgan fingerprint density at radius 3 is 3.10 bits per heavy atom. The van der Waals surface area contributed by atoms with Crippen molar-refractivity contribution in [3.63, 3.8) is 0 Å². The first-order chi connectivity index (χ1) is 9.60. The molecule has 1 aliphatic rings. The summed E-state index contributed by atoms with van der Waals surface area (Å²) in [6, 6.07) is 4.86. The first kappa shape index (κ1) is 14.3. The minimum atomic E-state index is -0.391. The van der Waals surface area contributed by atoms with Gasteiger partial charge in [0.15, 0.2) is 6.61 Å². The summed E-state index contributed by atoms with van der Waals surface area (Å²) < 4.78 is 5.25. The van der Waals surface area contributed by atoms with E-state index in [4.69, 9.17) is 4.74 Å². The van der Waals surface area contributed by atoms with Gasteiger partial charge in [-0.05, 0) is 31.0 Å². The summed E-state index contributed by atoms with van der Waals surface area (Å²) >= 11 is 0. The van der Waals surface area contributed by atoms with Gasteiger partial charge in [0, 0.05) is 12.1 Å². The monoisotopic (exact) mass is 278 g/mol. The number of carbonyl (C=O) groups excluding carboxylic acids is 2. The molecular formula is C14H18N2O4. The molecule has 0 saturated carbocycles. The zero-order valence-electron chi connectivity index (χ0n) is 11.3. The highest BCUT2D eigenvalue weighted by Gasteiger charge is 2.17. The number of rotatable bonds is 5. The number of amides is 2. The van der Waals surface area contributed by atoms with Crippen LogP contribution in [0, 0.1) is 0 Å². The predicted octanol–water partition coefficient (Wildman–Crippen LogP) is 0.908. The second kappa shape index (κ2) is 6.38. The van der Waals surface area contributed by atoms with E-state index in [0.29, 0.717) is 36.4 Å². The Bertz CT molecular complexity index is 516. The number of fused-ring (bicyclic) bond motifs is 1. The summed E-state index contributed by atoms with van der Waals surface area (Å²) in [5.41, 5.74) is 1.03. The number of hydrogen-bond donors (Lipinski definition) is 3. The summed E-state index contributed by atoms with van der Waals surface area (Å²) in [5, 5.41) is 14.8. The lowest BCUT2D eigenvalue weighted by Crippen LogP contribution is -2.28. The molecule has 1 aromatic rings. The smallest absolute Gasteiger partial charge is 0.262 e. The molecule has 6 heteroatoms. The van der Waals surface area contributed by atoms with Crippen molar-refractivity contribution in [1.82, 2.24) is 5.32 Å². The van der Waals surface area contributed by atoms with Crippen molar-refractivity contribution in [3.8, 4) is 5.75 Å². The van der Waals surface area contributed by atoms with Crippen molar-refractivity contribution in [2.45, 2.75) is 25.9 Å². The van der Waals surface area contributed by atoms with Gasteiger partial charge in [0.2, 0.25) is 0 Å². The van der Waals surface area contributed by atoms with E-state index in [9.17, 15) is 14.7 Å². The van der Waals surface area contributed by atoms with Crippen LogP contribution in [-0.4, -0.2) is 36.2 Å². The minimum absolute atomic E-state index is 0.0409. The van der Waals surface area contributed by atoms with Crippen LogP contribution < -0.4 is 15.4 Å². The van der Waals surface area contributed by atoms with E-state index in [0.717, 1.165) is 0 Å². The molecule has 0 spiro atoms. The van der Waals surface area contributed by atoms with E-state index in [1.807, 2.05) is 6.92 Å². The Balaban J connectivity index is 1.95. The fourth-order valence-electron chi connectivity index (χ4n) is 1.87. The molecule has 2 amide bonds. The molecule has 1 aromatic carbocycles. The lowest BCUT2D eigenvalue weighted by atomic mass is 10.1. The zero-order valence-corrected chi connectivity index (χ0v) is 11.3. The van der Waals surface area contributed by atoms with Gasteiger partial charge in [-0.25, -0.2) is 0 Å². The van der Waals surface area contributed by atoms with Gasteiger partial charge in [0.05, 0.1) is 11.8 Å². The fourth-order valence-corrected chi connectivity index (χ4v) is 1.87. The second-order valence-electron chi connectivity index (χ2n) is 4.65. The van der Waals surface area contributed by atoms with E-state index >= 15 is 0 Å². The molecule has 20 heavy (non-hydrogen) atoms. The third kappa shape index (κ3) is 3.48. The molecule has 0 bridgehead atoms. The Morgan fingerprint density at radius 2 is 2.35 bits per heavy atom. The van der Waals surface area contributed by atoms with E-state index in [1.165, 1.54) is 0 Å². The van der Waals surface area contributed by atoms with Crippen LogP contribution in [0.15, 0.2) is 18.2 Å². The summed E-state index contributed by atoms with van der Waals surface area (Å²) in [4.78, 5) is 23.1. The van der Waals surface area contributed by atoms with Gasteiger partial charge in [0.1, 0.15) is 5.75 Å². The maximum absolute atomic E-state index is 11.9. The number of aliphatic hydroxyl groups is 1. The lowest BCUT2D eigenvalue weighted by molar-refractivity contribution is -0.118. The van der Waals surface area contributed by atoms with Crippen LogP contribution in [0.4, 0.5) is 5.69 Å². The third-order valence-electron chi connectivity index (χ3n) is 3.11. The molecule has 1 aliphatic heterocycles. The topological polar surface area (TPSA) is 87.7 Å². The molecule has 1 unspecified atom stereocenters. The molecule has 0 aliphatic carbocycles. The number of hydrogen-bond acceptors (Lipinski definition) is 4. The molecule has 0 aromatic heterocycles. The molecule has 108 valence electrons. The molecular weight excluding hydrogens is 260 g/mol. The molecule has 0 fully saturated rings. The molecule has 0 radical (unpaired) electrons. The van der Waals surface area contributed by atoms with Gasteiger partial charge in [0.25, 0.3) is 11.8 Å². The Hall–Kier alpha value is -2.08. The van der Waals surface area contributed by atoms with Crippen LogP contribution >= 0.6 is 0 Å². The number of aliphatic hydroxyl groups excluding tert-OH is 1. The largest absolute Gasteiger partial charge is 0.482 e. The lowest BCUT2D eigenvalue weighted by Gasteiger charge is -2.18. The number of ether oxygens (including phenoxy) is 1. The second-order valence-corrected chi connectivity index (χ2v) is 4.65. The van der Waals surface area contributed by atoms with Crippen LogP contribution in [0.5, 0.6) is 5.75 Å². The third-order valence-corrected chi connectivity index (χ3v) is 3.11. The first-order valence-electron chi connectivity index (χ1n) is 6.63. The molecule has 2 rings (SSSR count). The van der Waals surface area contributed by atoms with Crippen molar-refractivity contribution in [2.75, 3.05) is 18.5 Å². The van der Waals surface area contributed by atoms with Crippen molar-refractivity contribution >= 4 is 17.5 Å². The number of carbonyl (C=O) groups is 2. The van der Waals surface area contributed by atoms with Crippen LogP contribution in [0.25, 0.3) is 0 Å². The summed E-state index contributed by atoms with van der Waals surface area (Å²) in [7, 11) is 0. The maximum atomic E-state index is 11.9. The highest BCUT2D eigenvalue weighted by molar-refractivity contribution is 5.98. The van der Waals surface area contributed by atoms with Crippen molar-refractivity contribution in [1.29, 1.82) is 0 Å². The fraction of sp³-hybridized carbons (Fsp3) is 0.429. The summed E-state index contributed by atoms with van der Waals surface area (Å²) in [5.74, 6) is 0.0608. The van der Waals surface area contributed by atoms with Gasteiger partial charge in [-0.1, -0.05) is 6.92 Å². The average Bonchev–Trinajstić information content (AvgIpc) is 2.46. The minimum Gasteiger partial charge on any atom is -0.482 e. The van der Waals surface area contributed by atoms with Crippen molar-refractivity contribution in [2.24, 2.45) is 0 Å². The first-order valence-corrected chi connectivity index (χ1v) is 6.63. The Morgan fingerprint density at radius 1 is 1.55 bits per heavy atom. The van der Waals surface area contributed by atoms with Crippen LogP contribution in [0.1, 0.15) is 30.1 Å². The Labute approximate surface area is 117 Å².